The molecular weight excluding hydrogens is 503 g/mol. The molecule has 1 fully saturated rings. The van der Waals surface area contributed by atoms with E-state index >= 15 is 0 Å². The van der Waals surface area contributed by atoms with Gasteiger partial charge in [-0.2, -0.15) is 0 Å². The molecule has 39 heavy (non-hydrogen) atoms. The maximum absolute atomic E-state index is 13.7. The number of rotatable bonds is 6. The third-order valence-electron chi connectivity index (χ3n) is 7.21. The summed E-state index contributed by atoms with van der Waals surface area (Å²) in [5.41, 5.74) is 7.91. The maximum atomic E-state index is 13.7. The minimum absolute atomic E-state index is 0.154. The molecule has 4 aromatic rings. The van der Waals surface area contributed by atoms with Gasteiger partial charge in [0.15, 0.2) is 0 Å². The predicted molar refractivity (Wildman–Crippen MR) is 143 cm³/mol. The molecule has 0 spiro atoms. The van der Waals surface area contributed by atoms with E-state index in [9.17, 15) is 22.8 Å². The van der Waals surface area contributed by atoms with E-state index in [0.29, 0.717) is 42.7 Å². The topological polar surface area (TPSA) is 61.4 Å². The number of likely N-dealkylation sites (tertiary alicyclic amines) is 1. The number of benzene rings is 4. The van der Waals surface area contributed by atoms with Gasteiger partial charge in [-0.15, -0.1) is 0 Å². The van der Waals surface area contributed by atoms with E-state index in [-0.39, 0.29) is 17.6 Å². The van der Waals surface area contributed by atoms with Crippen molar-refractivity contribution in [3.05, 3.63) is 126 Å². The molecule has 1 aliphatic heterocycles. The van der Waals surface area contributed by atoms with E-state index < -0.39 is 17.0 Å². The minimum Gasteiger partial charge on any atom is -0.339 e. The number of amides is 2. The lowest BCUT2D eigenvalue weighted by Crippen LogP contribution is -2.53. The summed E-state index contributed by atoms with van der Waals surface area (Å²) in [4.78, 5) is 28.5. The van der Waals surface area contributed by atoms with Gasteiger partial charge in [-0.25, -0.2) is 13.2 Å². The van der Waals surface area contributed by atoms with Crippen molar-refractivity contribution in [1.29, 1.82) is 0 Å². The van der Waals surface area contributed by atoms with Gasteiger partial charge in [0, 0.05) is 18.7 Å². The normalized spacial score (nSPS) is 14.5. The number of hydrazine groups is 1. The fourth-order valence-electron chi connectivity index (χ4n) is 4.92. The fourth-order valence-corrected chi connectivity index (χ4v) is 4.92. The molecule has 198 valence electrons. The Kier molecular flexibility index (Phi) is 7.36. The largest absolute Gasteiger partial charge is 0.339 e. The standard InChI is InChI=1S/C31H26F3N3O2/c32-25-9-5-22(6-10-25)21-1-3-23(4-2-21)29(38)37-19-17-31(18-20-37,24-7-11-26(33)12-8-24)30(39)36-35-28-15-13-27(34)14-16-28/h1-16,35H,17-20H2,(H,36,39). The number of carbonyl (C=O) groups is 2. The summed E-state index contributed by atoms with van der Waals surface area (Å²) in [6, 6.07) is 24.7. The average Bonchev–Trinajstić information content (AvgIpc) is 2.97. The SMILES string of the molecule is O=C(c1ccc(-c2ccc(F)cc2)cc1)N1CCC(C(=O)NNc2ccc(F)cc2)(c2ccc(F)cc2)CC1. The van der Waals surface area contributed by atoms with Gasteiger partial charge < -0.3 is 4.90 Å². The van der Waals surface area contributed by atoms with Crippen molar-refractivity contribution in [2.75, 3.05) is 18.5 Å². The highest BCUT2D eigenvalue weighted by molar-refractivity contribution is 5.95. The summed E-state index contributed by atoms with van der Waals surface area (Å²) in [7, 11) is 0. The van der Waals surface area contributed by atoms with Gasteiger partial charge in [0.05, 0.1) is 11.1 Å². The maximum Gasteiger partial charge on any atom is 0.253 e. The molecule has 8 heteroatoms. The first-order valence-corrected chi connectivity index (χ1v) is 12.6. The summed E-state index contributed by atoms with van der Waals surface area (Å²) in [5, 5.41) is 0. The zero-order chi connectivity index (χ0) is 27.4. The Balaban J connectivity index is 1.30. The smallest absolute Gasteiger partial charge is 0.253 e. The summed E-state index contributed by atoms with van der Waals surface area (Å²) in [5.74, 6) is -1.59. The van der Waals surface area contributed by atoms with Crippen LogP contribution in [0.5, 0.6) is 0 Å². The first-order chi connectivity index (χ1) is 18.8. The van der Waals surface area contributed by atoms with Crippen LogP contribution in [0.3, 0.4) is 0 Å². The Morgan fingerprint density at radius 1 is 0.641 bits per heavy atom. The molecule has 5 nitrogen and oxygen atoms in total. The highest BCUT2D eigenvalue weighted by Crippen LogP contribution is 2.37. The molecule has 1 saturated heterocycles. The molecule has 0 bridgehead atoms. The quantitative estimate of drug-likeness (QED) is 0.297. The van der Waals surface area contributed by atoms with Crippen LogP contribution in [0.25, 0.3) is 11.1 Å². The summed E-state index contributed by atoms with van der Waals surface area (Å²) < 4.78 is 40.2. The van der Waals surface area contributed by atoms with Crippen LogP contribution in [0.15, 0.2) is 97.1 Å². The first kappa shape index (κ1) is 26.0. The highest BCUT2D eigenvalue weighted by atomic mass is 19.1. The lowest BCUT2D eigenvalue weighted by Gasteiger charge is -2.41. The van der Waals surface area contributed by atoms with Crippen LogP contribution in [-0.2, 0) is 10.2 Å². The zero-order valence-electron chi connectivity index (χ0n) is 21.0. The van der Waals surface area contributed by atoms with Crippen molar-refractivity contribution in [1.82, 2.24) is 10.3 Å². The zero-order valence-corrected chi connectivity index (χ0v) is 21.0. The lowest BCUT2D eigenvalue weighted by molar-refractivity contribution is -0.128. The van der Waals surface area contributed by atoms with Gasteiger partial charge in [0.25, 0.3) is 5.91 Å². The van der Waals surface area contributed by atoms with Gasteiger partial charge in [-0.1, -0.05) is 36.4 Å². The lowest BCUT2D eigenvalue weighted by atomic mass is 9.72. The van der Waals surface area contributed by atoms with Crippen molar-refractivity contribution in [2.45, 2.75) is 18.3 Å². The Hall–Kier alpha value is -4.59. The van der Waals surface area contributed by atoms with E-state index in [1.54, 1.807) is 41.3 Å². The Morgan fingerprint density at radius 2 is 1.10 bits per heavy atom. The molecule has 0 atom stereocenters. The highest BCUT2D eigenvalue weighted by Gasteiger charge is 2.44. The van der Waals surface area contributed by atoms with E-state index in [2.05, 4.69) is 10.9 Å². The van der Waals surface area contributed by atoms with E-state index in [4.69, 9.17) is 0 Å². The Bertz CT molecular complexity index is 1450. The van der Waals surface area contributed by atoms with Crippen molar-refractivity contribution >= 4 is 17.5 Å². The summed E-state index contributed by atoms with van der Waals surface area (Å²) in [6.07, 6.45) is 0.657. The molecule has 0 aromatic heterocycles. The van der Waals surface area contributed by atoms with Crippen molar-refractivity contribution in [3.8, 4) is 11.1 Å². The summed E-state index contributed by atoms with van der Waals surface area (Å²) >= 11 is 0. The van der Waals surface area contributed by atoms with Gasteiger partial charge in [-0.05, 0) is 90.2 Å². The monoisotopic (exact) mass is 529 g/mol. The van der Waals surface area contributed by atoms with Gasteiger partial charge >= 0.3 is 0 Å². The van der Waals surface area contributed by atoms with Crippen LogP contribution in [0.4, 0.5) is 18.9 Å². The number of nitrogens with zero attached hydrogens (tertiary/aromatic N) is 1. The molecular formula is C31H26F3N3O2. The van der Waals surface area contributed by atoms with Gasteiger partial charge in [0.1, 0.15) is 17.5 Å². The Labute approximate surface area is 224 Å². The number of carbonyl (C=O) groups excluding carboxylic acids is 2. The van der Waals surface area contributed by atoms with Crippen LogP contribution in [-0.4, -0.2) is 29.8 Å². The van der Waals surface area contributed by atoms with Crippen LogP contribution < -0.4 is 10.9 Å². The van der Waals surface area contributed by atoms with Crippen molar-refractivity contribution < 1.29 is 22.8 Å². The predicted octanol–water partition coefficient (Wildman–Crippen LogP) is 6.09. The number of anilines is 1. The number of hydrogen-bond donors (Lipinski definition) is 2. The average molecular weight is 530 g/mol. The first-order valence-electron chi connectivity index (χ1n) is 12.6. The number of piperidine rings is 1. The summed E-state index contributed by atoms with van der Waals surface area (Å²) in [6.45, 7) is 0.639. The second-order valence-corrected chi connectivity index (χ2v) is 9.55. The molecule has 0 saturated carbocycles. The molecule has 0 aliphatic carbocycles. The van der Waals surface area contributed by atoms with E-state index in [1.165, 1.54) is 48.5 Å². The van der Waals surface area contributed by atoms with Gasteiger partial charge in [0.2, 0.25) is 5.91 Å². The fraction of sp³-hybridized carbons (Fsp3) is 0.161. The van der Waals surface area contributed by atoms with Crippen LogP contribution in [0, 0.1) is 17.5 Å². The second-order valence-electron chi connectivity index (χ2n) is 9.55. The van der Waals surface area contributed by atoms with Crippen LogP contribution in [0.2, 0.25) is 0 Å². The molecule has 0 radical (unpaired) electrons. The molecule has 2 N–H and O–H groups in total. The Morgan fingerprint density at radius 3 is 1.64 bits per heavy atom. The minimum atomic E-state index is -0.996. The van der Waals surface area contributed by atoms with Crippen LogP contribution in [0.1, 0.15) is 28.8 Å². The molecule has 1 aliphatic rings. The molecule has 0 unspecified atom stereocenters. The number of hydrogen-bond acceptors (Lipinski definition) is 3. The molecule has 5 rings (SSSR count). The van der Waals surface area contributed by atoms with Crippen molar-refractivity contribution in [3.63, 3.8) is 0 Å². The van der Waals surface area contributed by atoms with Crippen molar-refractivity contribution in [2.24, 2.45) is 0 Å². The van der Waals surface area contributed by atoms with Crippen LogP contribution >= 0.6 is 0 Å². The molecule has 2 amide bonds. The molecule has 1 heterocycles. The number of halogens is 3. The van der Waals surface area contributed by atoms with Gasteiger partial charge in [-0.3, -0.25) is 20.4 Å². The van der Waals surface area contributed by atoms with E-state index in [0.717, 1.165) is 11.1 Å². The number of nitrogens with one attached hydrogen (secondary N) is 2. The third kappa shape index (κ3) is 5.65. The second kappa shape index (κ2) is 11.0. The van der Waals surface area contributed by atoms with E-state index in [1.807, 2.05) is 12.1 Å². The molecule has 4 aromatic carbocycles. The third-order valence-corrected chi connectivity index (χ3v) is 7.21.